The molecule has 0 spiro atoms. The number of carbonyl (C=O) groups is 4. The number of carbonyl (C=O) groups excluding carboxylic acids is 4. The lowest BCUT2D eigenvalue weighted by molar-refractivity contribution is -0.0264. The molecule has 0 saturated carbocycles. The zero-order valence-corrected chi connectivity index (χ0v) is 30.0. The molecule has 2 aliphatic heterocycles. The van der Waals surface area contributed by atoms with Crippen LogP contribution in [-0.2, 0) is 32.2 Å². The first kappa shape index (κ1) is 40.0. The minimum absolute atomic E-state index is 0.0543. The number of phenols is 2. The number of nitrogens with zero attached hydrogens (tertiary/aromatic N) is 2. The van der Waals surface area contributed by atoms with Gasteiger partial charge in [-0.15, -0.1) is 0 Å². The van der Waals surface area contributed by atoms with Crippen LogP contribution < -0.4 is 10.6 Å². The molecule has 290 valence electrons. The maximum Gasteiger partial charge on any atom is 0.410 e. The molecule has 4 N–H and O–H groups in total. The molecule has 0 aliphatic carbocycles. The highest BCUT2D eigenvalue weighted by atomic mass is 19.1. The van der Waals surface area contributed by atoms with Crippen LogP contribution in [0.3, 0.4) is 0 Å². The van der Waals surface area contributed by atoms with Crippen LogP contribution in [-0.4, -0.2) is 109 Å². The van der Waals surface area contributed by atoms with Crippen LogP contribution in [0.4, 0.5) is 14.0 Å². The number of nitrogens with one attached hydrogen (secondary N) is 2. The predicted octanol–water partition coefficient (Wildman–Crippen LogP) is 4.46. The number of phenolic OH excluding ortho intramolecular Hbond substituents is 2. The first-order valence-electron chi connectivity index (χ1n) is 17.6. The minimum Gasteiger partial charge on any atom is -0.508 e. The number of rotatable bonds is 10. The van der Waals surface area contributed by atoms with E-state index in [0.717, 1.165) is 5.56 Å². The van der Waals surface area contributed by atoms with E-state index in [1.54, 1.807) is 29.2 Å². The molecule has 2 fully saturated rings. The van der Waals surface area contributed by atoms with E-state index in [2.05, 4.69) is 10.6 Å². The van der Waals surface area contributed by atoms with Gasteiger partial charge in [0.1, 0.15) is 30.5 Å². The number of aromatic hydroxyl groups is 2. The van der Waals surface area contributed by atoms with Crippen molar-refractivity contribution in [1.29, 1.82) is 0 Å². The summed E-state index contributed by atoms with van der Waals surface area (Å²) in [7, 11) is 0. The summed E-state index contributed by atoms with van der Waals surface area (Å²) in [6.07, 6.45) is -1.53. The Hall–Kier alpha value is -6.19. The number of benzene rings is 4. The molecule has 4 aromatic carbocycles. The van der Waals surface area contributed by atoms with Crippen LogP contribution in [0.5, 0.6) is 11.5 Å². The molecule has 0 radical (unpaired) electrons. The third-order valence-corrected chi connectivity index (χ3v) is 8.51. The molecule has 2 saturated heterocycles. The smallest absolute Gasteiger partial charge is 0.410 e. The lowest BCUT2D eigenvalue weighted by Gasteiger charge is -2.32. The predicted molar refractivity (Wildman–Crippen MR) is 197 cm³/mol. The third-order valence-electron chi connectivity index (χ3n) is 8.51. The minimum atomic E-state index is -0.484. The van der Waals surface area contributed by atoms with Gasteiger partial charge in [0.2, 0.25) is 0 Å². The van der Waals surface area contributed by atoms with E-state index in [-0.39, 0.29) is 74.2 Å². The summed E-state index contributed by atoms with van der Waals surface area (Å²) in [5.41, 5.74) is 2.49. The fourth-order valence-corrected chi connectivity index (χ4v) is 5.49. The molecule has 4 amide bonds. The molecule has 2 unspecified atom stereocenters. The number of ether oxygens (including phenoxy) is 4. The number of halogens is 1. The van der Waals surface area contributed by atoms with Crippen molar-refractivity contribution < 1.29 is 52.7 Å². The molecule has 55 heavy (non-hydrogen) atoms. The van der Waals surface area contributed by atoms with E-state index in [1.165, 1.54) is 53.4 Å². The summed E-state index contributed by atoms with van der Waals surface area (Å²) in [6, 6.07) is 27.1. The molecule has 2 heterocycles. The van der Waals surface area contributed by atoms with Crippen molar-refractivity contribution in [3.8, 4) is 11.5 Å². The molecular formula is C40H43FN4O10. The average molecular weight is 759 g/mol. The second-order valence-corrected chi connectivity index (χ2v) is 12.6. The highest BCUT2D eigenvalue weighted by Crippen LogP contribution is 2.13. The van der Waals surface area contributed by atoms with Gasteiger partial charge >= 0.3 is 12.2 Å². The van der Waals surface area contributed by atoms with Gasteiger partial charge in [0.05, 0.1) is 38.5 Å². The fourth-order valence-electron chi connectivity index (χ4n) is 5.49. The largest absolute Gasteiger partial charge is 0.508 e. The number of morpholine rings is 2. The second-order valence-electron chi connectivity index (χ2n) is 12.6. The van der Waals surface area contributed by atoms with E-state index in [4.69, 9.17) is 18.9 Å². The van der Waals surface area contributed by atoms with Crippen molar-refractivity contribution in [3.63, 3.8) is 0 Å². The summed E-state index contributed by atoms with van der Waals surface area (Å²) >= 11 is 0. The topological polar surface area (TPSA) is 176 Å². The number of hydrogen-bond donors (Lipinski definition) is 4. The van der Waals surface area contributed by atoms with Crippen molar-refractivity contribution in [2.24, 2.45) is 0 Å². The molecule has 14 nitrogen and oxygen atoms in total. The van der Waals surface area contributed by atoms with Crippen LogP contribution in [0.15, 0.2) is 103 Å². The summed E-state index contributed by atoms with van der Waals surface area (Å²) in [6.45, 7) is 3.01. The van der Waals surface area contributed by atoms with E-state index < -0.39 is 12.2 Å². The van der Waals surface area contributed by atoms with Crippen molar-refractivity contribution in [3.05, 3.63) is 131 Å². The lowest BCUT2D eigenvalue weighted by Crippen LogP contribution is -2.49. The summed E-state index contributed by atoms with van der Waals surface area (Å²) < 4.78 is 34.7. The van der Waals surface area contributed by atoms with Gasteiger partial charge in [0.15, 0.2) is 0 Å². The quantitative estimate of drug-likeness (QED) is 0.181. The van der Waals surface area contributed by atoms with Crippen molar-refractivity contribution in [2.45, 2.75) is 25.4 Å². The maximum absolute atomic E-state index is 12.9. The Morgan fingerprint density at radius 3 is 1.47 bits per heavy atom. The van der Waals surface area contributed by atoms with E-state index >= 15 is 0 Å². The van der Waals surface area contributed by atoms with Crippen LogP contribution in [0, 0.1) is 5.82 Å². The van der Waals surface area contributed by atoms with Gasteiger partial charge in [0.25, 0.3) is 11.8 Å². The van der Waals surface area contributed by atoms with E-state index in [9.17, 15) is 33.8 Å². The van der Waals surface area contributed by atoms with Gasteiger partial charge in [-0.1, -0.05) is 42.5 Å². The normalized spacial score (nSPS) is 16.5. The highest BCUT2D eigenvalue weighted by Gasteiger charge is 2.27. The zero-order valence-electron chi connectivity index (χ0n) is 30.0. The van der Waals surface area contributed by atoms with Gasteiger partial charge in [-0.25, -0.2) is 14.0 Å². The van der Waals surface area contributed by atoms with Crippen molar-refractivity contribution >= 4 is 24.0 Å². The summed E-state index contributed by atoms with van der Waals surface area (Å²) in [4.78, 5) is 51.8. The average Bonchev–Trinajstić information content (AvgIpc) is 3.22. The van der Waals surface area contributed by atoms with Crippen molar-refractivity contribution in [1.82, 2.24) is 20.4 Å². The highest BCUT2D eigenvalue weighted by molar-refractivity contribution is 5.94. The Labute approximate surface area is 317 Å². The monoisotopic (exact) mass is 758 g/mol. The Balaban J connectivity index is 0.000000211. The van der Waals surface area contributed by atoms with Gasteiger partial charge in [-0.05, 0) is 71.8 Å². The van der Waals surface area contributed by atoms with Crippen LogP contribution >= 0.6 is 0 Å². The van der Waals surface area contributed by atoms with Crippen LogP contribution in [0.25, 0.3) is 0 Å². The molecular weight excluding hydrogens is 715 g/mol. The summed E-state index contributed by atoms with van der Waals surface area (Å²) in [5.74, 6) is -0.712. The van der Waals surface area contributed by atoms with Crippen LogP contribution in [0.2, 0.25) is 0 Å². The Kier molecular flexibility index (Phi) is 14.8. The first-order chi connectivity index (χ1) is 26.6. The second kappa shape index (κ2) is 20.3. The van der Waals surface area contributed by atoms with E-state index in [0.29, 0.717) is 49.5 Å². The Morgan fingerprint density at radius 1 is 0.618 bits per heavy atom. The van der Waals surface area contributed by atoms with Gasteiger partial charge in [-0.2, -0.15) is 0 Å². The Bertz CT molecular complexity index is 1850. The first-order valence-corrected chi connectivity index (χ1v) is 17.6. The zero-order chi connectivity index (χ0) is 39.0. The number of amides is 4. The molecule has 2 aliphatic rings. The molecule has 2 atom stereocenters. The molecule has 15 heteroatoms. The Morgan fingerprint density at radius 2 is 1.04 bits per heavy atom. The molecule has 0 bridgehead atoms. The third kappa shape index (κ3) is 13.0. The van der Waals surface area contributed by atoms with Gasteiger partial charge in [0, 0.05) is 37.3 Å². The number of hydrogen-bond acceptors (Lipinski definition) is 10. The van der Waals surface area contributed by atoms with Crippen molar-refractivity contribution in [2.75, 3.05) is 52.5 Å². The maximum atomic E-state index is 12.9. The van der Waals surface area contributed by atoms with E-state index in [1.807, 2.05) is 30.3 Å². The standard InChI is InChI=1S/C20H21FN2O5.C20H22N2O5/c21-16-5-1-14(2-6-16)13-28-20(26)23-9-10-27-18(12-23)11-22-19(25)15-3-7-17(24)8-4-15;23-17-8-6-16(7-9-17)19(24)21-12-18-13-22(10-11-26-18)20(25)27-14-15-4-2-1-3-5-15/h1-8,18,24H,9-13H2,(H,22,25);1-9,18,23H,10-14H2,(H,21,24). The SMILES string of the molecule is O=C(NCC1CN(C(=O)OCc2ccc(F)cc2)CCO1)c1ccc(O)cc1.O=C(NCC1CN(C(=O)OCc2ccccc2)CCO1)c1ccc(O)cc1. The molecule has 0 aromatic heterocycles. The van der Waals surface area contributed by atoms with Gasteiger partial charge in [-0.3, -0.25) is 9.59 Å². The fraction of sp³-hybridized carbons (Fsp3) is 0.300. The molecule has 4 aromatic rings. The van der Waals surface area contributed by atoms with Gasteiger partial charge < -0.3 is 49.6 Å². The van der Waals surface area contributed by atoms with Crippen LogP contribution in [0.1, 0.15) is 31.8 Å². The lowest BCUT2D eigenvalue weighted by atomic mass is 10.2. The summed E-state index contributed by atoms with van der Waals surface area (Å²) in [5, 5.41) is 24.1. The molecule has 6 rings (SSSR count).